The molecule has 1 unspecified atom stereocenters. The first-order valence-electron chi connectivity index (χ1n) is 4.53. The van der Waals surface area contributed by atoms with Crippen LogP contribution in [0.25, 0.3) is 0 Å². The summed E-state index contributed by atoms with van der Waals surface area (Å²) in [6.45, 7) is 9.92. The molecule has 0 bridgehead atoms. The Hall–Kier alpha value is -0.300. The van der Waals surface area contributed by atoms with Crippen LogP contribution in [0.3, 0.4) is 0 Å². The van der Waals surface area contributed by atoms with Gasteiger partial charge >= 0.3 is 0 Å². The molecule has 2 heterocycles. The summed E-state index contributed by atoms with van der Waals surface area (Å²) in [6.07, 6.45) is 4.00. The zero-order chi connectivity index (χ0) is 8.06. The number of nitrogens with zero attached hydrogens (tertiary/aromatic N) is 1. The van der Waals surface area contributed by atoms with Crippen molar-refractivity contribution in [3.8, 4) is 0 Å². The first-order chi connectivity index (χ1) is 5.09. The van der Waals surface area contributed by atoms with Crippen LogP contribution in [-0.4, -0.2) is 23.0 Å². The minimum atomic E-state index is 0.449. The smallest absolute Gasteiger partial charge is 0.0199 e. The molecule has 0 radical (unpaired) electrons. The van der Waals surface area contributed by atoms with Crippen molar-refractivity contribution in [1.82, 2.24) is 4.90 Å². The highest BCUT2D eigenvalue weighted by Crippen LogP contribution is 2.40. The Morgan fingerprint density at radius 3 is 2.91 bits per heavy atom. The molecule has 1 nitrogen and oxygen atoms in total. The third kappa shape index (κ3) is 1.02. The Balaban J connectivity index is 2.19. The van der Waals surface area contributed by atoms with Crippen molar-refractivity contribution in [2.45, 2.75) is 44.7 Å². The molecule has 2 aliphatic heterocycles. The molecule has 1 atom stereocenters. The van der Waals surface area contributed by atoms with Crippen LogP contribution in [0.1, 0.15) is 33.1 Å². The van der Waals surface area contributed by atoms with Gasteiger partial charge in [-0.25, -0.2) is 0 Å². The van der Waals surface area contributed by atoms with Gasteiger partial charge in [0.15, 0.2) is 0 Å². The third-order valence-electron chi connectivity index (χ3n) is 3.23. The van der Waals surface area contributed by atoms with Gasteiger partial charge in [-0.1, -0.05) is 12.2 Å². The molecule has 62 valence electrons. The number of fused-ring (bicyclic) bond motifs is 1. The normalized spacial score (nSPS) is 36.2. The maximum atomic E-state index is 4.06. The molecule has 0 amide bonds. The molecule has 2 aliphatic rings. The van der Waals surface area contributed by atoms with Gasteiger partial charge in [0.25, 0.3) is 0 Å². The van der Waals surface area contributed by atoms with Crippen LogP contribution < -0.4 is 0 Å². The lowest BCUT2D eigenvalue weighted by Gasteiger charge is -2.30. The summed E-state index contributed by atoms with van der Waals surface area (Å²) in [5, 5.41) is 0. The zero-order valence-corrected chi connectivity index (χ0v) is 7.56. The number of hydrogen-bond donors (Lipinski definition) is 0. The Bertz CT molecular complexity index is 193. The lowest BCUT2D eigenvalue weighted by atomic mass is 10.0. The van der Waals surface area contributed by atoms with Gasteiger partial charge < -0.3 is 0 Å². The second-order valence-electron chi connectivity index (χ2n) is 4.59. The fraction of sp³-hybridized carbons (Fsp3) is 0.800. The maximum Gasteiger partial charge on any atom is 0.0199 e. The quantitative estimate of drug-likeness (QED) is 0.480. The van der Waals surface area contributed by atoms with Crippen LogP contribution in [0.4, 0.5) is 0 Å². The van der Waals surface area contributed by atoms with Gasteiger partial charge in [-0.05, 0) is 33.1 Å². The van der Waals surface area contributed by atoms with Crippen molar-refractivity contribution in [2.75, 3.05) is 6.54 Å². The van der Waals surface area contributed by atoms with Crippen LogP contribution in [0.5, 0.6) is 0 Å². The fourth-order valence-electron chi connectivity index (χ4n) is 2.51. The lowest BCUT2D eigenvalue weighted by Crippen LogP contribution is -2.39. The highest BCUT2D eigenvalue weighted by molar-refractivity contribution is 5.14. The first kappa shape index (κ1) is 7.35. The molecule has 11 heavy (non-hydrogen) atoms. The summed E-state index contributed by atoms with van der Waals surface area (Å²) >= 11 is 0. The van der Waals surface area contributed by atoms with E-state index in [-0.39, 0.29) is 0 Å². The van der Waals surface area contributed by atoms with Crippen LogP contribution in [-0.2, 0) is 0 Å². The molecule has 0 aromatic rings. The summed E-state index contributed by atoms with van der Waals surface area (Å²) in [5.74, 6) is 0. The Labute approximate surface area is 69.1 Å². The van der Waals surface area contributed by atoms with E-state index >= 15 is 0 Å². The summed E-state index contributed by atoms with van der Waals surface area (Å²) in [4.78, 5) is 2.62. The molecule has 0 aromatic heterocycles. The van der Waals surface area contributed by atoms with Crippen molar-refractivity contribution in [3.05, 3.63) is 12.2 Å². The summed E-state index contributed by atoms with van der Waals surface area (Å²) < 4.78 is 0. The Morgan fingerprint density at radius 2 is 2.27 bits per heavy atom. The zero-order valence-electron chi connectivity index (χ0n) is 7.56. The second kappa shape index (κ2) is 2.10. The van der Waals surface area contributed by atoms with E-state index in [1.54, 1.807) is 0 Å². The molecule has 2 saturated heterocycles. The van der Waals surface area contributed by atoms with Crippen molar-refractivity contribution in [2.24, 2.45) is 0 Å². The van der Waals surface area contributed by atoms with Crippen LogP contribution in [0.2, 0.25) is 0 Å². The predicted octanol–water partition coefficient (Wildman–Crippen LogP) is 2.19. The molecule has 0 N–H and O–H groups in total. The largest absolute Gasteiger partial charge is 0.291 e. The molecule has 0 saturated carbocycles. The molecule has 1 heteroatoms. The van der Waals surface area contributed by atoms with Gasteiger partial charge in [0.2, 0.25) is 0 Å². The number of rotatable bonds is 0. The maximum absolute atomic E-state index is 4.06. The van der Waals surface area contributed by atoms with E-state index in [9.17, 15) is 0 Å². The van der Waals surface area contributed by atoms with Gasteiger partial charge in [0.05, 0.1) is 0 Å². The predicted molar refractivity (Wildman–Crippen MR) is 47.6 cm³/mol. The van der Waals surface area contributed by atoms with Crippen molar-refractivity contribution in [3.63, 3.8) is 0 Å². The van der Waals surface area contributed by atoms with E-state index in [1.165, 1.54) is 24.8 Å². The Morgan fingerprint density at radius 1 is 1.55 bits per heavy atom. The average Bonchev–Trinajstić information content (AvgIpc) is 2.35. The number of hydrogen-bond acceptors (Lipinski definition) is 1. The van der Waals surface area contributed by atoms with Gasteiger partial charge in [0, 0.05) is 18.1 Å². The average molecular weight is 151 g/mol. The molecule has 0 aromatic carbocycles. The van der Waals surface area contributed by atoms with E-state index in [4.69, 9.17) is 0 Å². The first-order valence-corrected chi connectivity index (χ1v) is 4.53. The highest BCUT2D eigenvalue weighted by Gasteiger charge is 2.42. The summed E-state index contributed by atoms with van der Waals surface area (Å²) in [6, 6.07) is 0.831. The molecule has 0 spiro atoms. The second-order valence-corrected chi connectivity index (χ2v) is 4.59. The Kier molecular flexibility index (Phi) is 1.40. The summed E-state index contributed by atoms with van der Waals surface area (Å²) in [7, 11) is 0. The van der Waals surface area contributed by atoms with E-state index in [2.05, 4.69) is 25.3 Å². The van der Waals surface area contributed by atoms with E-state index in [1.807, 2.05) is 0 Å². The van der Waals surface area contributed by atoms with Crippen molar-refractivity contribution < 1.29 is 0 Å². The standard InChI is InChI=1S/C10H17N/c1-8-6-9-4-5-10(2,3)11(9)7-8/h9H,1,4-7H2,2-3H3. The third-order valence-corrected chi connectivity index (χ3v) is 3.23. The molecular formula is C10H17N. The SMILES string of the molecule is C=C1CC2CCC(C)(C)N2C1. The fourth-order valence-corrected chi connectivity index (χ4v) is 2.51. The van der Waals surface area contributed by atoms with Crippen LogP contribution >= 0.6 is 0 Å². The van der Waals surface area contributed by atoms with E-state index in [0.29, 0.717) is 5.54 Å². The van der Waals surface area contributed by atoms with E-state index < -0.39 is 0 Å². The monoisotopic (exact) mass is 151 g/mol. The molecule has 2 fully saturated rings. The van der Waals surface area contributed by atoms with Crippen LogP contribution in [0.15, 0.2) is 12.2 Å². The van der Waals surface area contributed by atoms with E-state index in [0.717, 1.165) is 12.6 Å². The van der Waals surface area contributed by atoms with Crippen molar-refractivity contribution in [1.29, 1.82) is 0 Å². The van der Waals surface area contributed by atoms with Gasteiger partial charge in [-0.2, -0.15) is 0 Å². The minimum absolute atomic E-state index is 0.449. The molecule has 0 aliphatic carbocycles. The highest BCUT2D eigenvalue weighted by atomic mass is 15.3. The van der Waals surface area contributed by atoms with Gasteiger partial charge in [-0.3, -0.25) is 4.90 Å². The summed E-state index contributed by atoms with van der Waals surface area (Å²) in [5.41, 5.74) is 1.88. The van der Waals surface area contributed by atoms with Crippen LogP contribution in [0, 0.1) is 0 Å². The minimum Gasteiger partial charge on any atom is -0.291 e. The lowest BCUT2D eigenvalue weighted by molar-refractivity contribution is 0.173. The van der Waals surface area contributed by atoms with Gasteiger partial charge in [-0.15, -0.1) is 0 Å². The van der Waals surface area contributed by atoms with Crippen molar-refractivity contribution >= 4 is 0 Å². The molecular weight excluding hydrogens is 134 g/mol. The molecule has 2 rings (SSSR count). The van der Waals surface area contributed by atoms with Gasteiger partial charge in [0.1, 0.15) is 0 Å². The topological polar surface area (TPSA) is 3.24 Å².